The first-order valence-electron chi connectivity index (χ1n) is 6.21. The summed E-state index contributed by atoms with van der Waals surface area (Å²) in [5.41, 5.74) is 2.09. The van der Waals surface area contributed by atoms with Crippen molar-refractivity contribution < 1.29 is 9.47 Å². The zero-order chi connectivity index (χ0) is 13.5. The summed E-state index contributed by atoms with van der Waals surface area (Å²) in [5, 5.41) is 3.38. The van der Waals surface area contributed by atoms with Gasteiger partial charge in [-0.15, -0.1) is 0 Å². The molecule has 3 nitrogen and oxygen atoms in total. The number of ether oxygens (including phenoxy) is 2. The Balaban J connectivity index is 2.89. The molecular formula is C15H23NO2. The molecule has 1 rings (SSSR count). The van der Waals surface area contributed by atoms with Crippen molar-refractivity contribution in [2.75, 3.05) is 13.7 Å². The molecule has 1 N–H and O–H groups in total. The van der Waals surface area contributed by atoms with E-state index >= 15 is 0 Å². The first kappa shape index (κ1) is 14.6. The van der Waals surface area contributed by atoms with Gasteiger partial charge in [0.2, 0.25) is 0 Å². The Hall–Kier alpha value is -1.48. The Morgan fingerprint density at radius 2 is 2.11 bits per heavy atom. The average molecular weight is 249 g/mol. The zero-order valence-electron chi connectivity index (χ0n) is 11.7. The molecule has 0 atom stereocenters. The maximum Gasteiger partial charge on any atom is 0.166 e. The van der Waals surface area contributed by atoms with Gasteiger partial charge in [-0.3, -0.25) is 0 Å². The molecule has 0 aliphatic rings. The number of hydrogen-bond donors (Lipinski definition) is 1. The van der Waals surface area contributed by atoms with Gasteiger partial charge in [0.1, 0.15) is 6.61 Å². The van der Waals surface area contributed by atoms with Gasteiger partial charge in [-0.25, -0.2) is 0 Å². The van der Waals surface area contributed by atoms with Crippen LogP contribution in [0.3, 0.4) is 0 Å². The highest BCUT2D eigenvalue weighted by Gasteiger charge is 2.10. The molecule has 0 aliphatic heterocycles. The Kier molecular flexibility index (Phi) is 5.72. The Bertz CT molecular complexity index is 399. The van der Waals surface area contributed by atoms with Crippen molar-refractivity contribution in [1.82, 2.24) is 5.32 Å². The quantitative estimate of drug-likeness (QED) is 0.753. The van der Waals surface area contributed by atoms with Gasteiger partial charge < -0.3 is 14.8 Å². The molecule has 0 fully saturated rings. The number of nitrogens with one attached hydrogen (secondary N) is 1. The minimum absolute atomic E-state index is 0.435. The van der Waals surface area contributed by atoms with Gasteiger partial charge in [-0.1, -0.05) is 32.6 Å². The zero-order valence-corrected chi connectivity index (χ0v) is 11.7. The first-order valence-corrected chi connectivity index (χ1v) is 6.21. The lowest BCUT2D eigenvalue weighted by Crippen LogP contribution is -2.22. The largest absolute Gasteiger partial charge is 0.493 e. The maximum absolute atomic E-state index is 5.79. The summed E-state index contributed by atoms with van der Waals surface area (Å²) in [4.78, 5) is 0. The third-order valence-electron chi connectivity index (χ3n) is 2.44. The predicted molar refractivity (Wildman–Crippen MR) is 75.3 cm³/mol. The molecule has 18 heavy (non-hydrogen) atoms. The van der Waals surface area contributed by atoms with Crippen LogP contribution in [0.4, 0.5) is 0 Å². The molecule has 0 aliphatic carbocycles. The van der Waals surface area contributed by atoms with Crippen molar-refractivity contribution in [3.8, 4) is 11.5 Å². The third-order valence-corrected chi connectivity index (χ3v) is 2.44. The minimum atomic E-state index is 0.435. The molecule has 0 spiro atoms. The van der Waals surface area contributed by atoms with Gasteiger partial charge in [-0.05, 0) is 18.6 Å². The lowest BCUT2D eigenvalue weighted by Gasteiger charge is -2.16. The Morgan fingerprint density at radius 1 is 1.39 bits per heavy atom. The highest BCUT2D eigenvalue weighted by atomic mass is 16.5. The van der Waals surface area contributed by atoms with Gasteiger partial charge in [-0.2, -0.15) is 0 Å². The summed E-state index contributed by atoms with van der Waals surface area (Å²) in [6.07, 6.45) is 0. The molecular weight excluding hydrogens is 226 g/mol. The average Bonchev–Trinajstić information content (AvgIpc) is 2.33. The second kappa shape index (κ2) is 7.07. The monoisotopic (exact) mass is 249 g/mol. The van der Waals surface area contributed by atoms with Crippen molar-refractivity contribution in [1.29, 1.82) is 0 Å². The first-order chi connectivity index (χ1) is 8.54. The van der Waals surface area contributed by atoms with Gasteiger partial charge in [0.25, 0.3) is 0 Å². The van der Waals surface area contributed by atoms with E-state index in [-0.39, 0.29) is 0 Å². The van der Waals surface area contributed by atoms with Crippen molar-refractivity contribution in [2.24, 2.45) is 0 Å². The molecule has 1 aromatic carbocycles. The van der Waals surface area contributed by atoms with E-state index in [2.05, 4.69) is 25.7 Å². The molecule has 0 heterocycles. The fourth-order valence-corrected chi connectivity index (χ4v) is 1.53. The topological polar surface area (TPSA) is 30.5 Å². The number of hydrogen-bond acceptors (Lipinski definition) is 3. The SMILES string of the molecule is C=C(C)COc1c(CNC(C)C)cccc1OC. The van der Waals surface area contributed by atoms with Gasteiger partial charge in [0.05, 0.1) is 7.11 Å². The number of para-hydroxylation sites is 1. The van der Waals surface area contributed by atoms with Crippen LogP contribution in [0.2, 0.25) is 0 Å². The summed E-state index contributed by atoms with van der Waals surface area (Å²) in [6.45, 7) is 11.3. The van der Waals surface area contributed by atoms with Gasteiger partial charge in [0, 0.05) is 18.2 Å². The summed E-state index contributed by atoms with van der Waals surface area (Å²) >= 11 is 0. The van der Waals surface area contributed by atoms with Crippen LogP contribution >= 0.6 is 0 Å². The number of methoxy groups -OCH3 is 1. The number of rotatable bonds is 7. The van der Waals surface area contributed by atoms with E-state index in [1.165, 1.54) is 0 Å². The van der Waals surface area contributed by atoms with Crippen molar-refractivity contribution >= 4 is 0 Å². The maximum atomic E-state index is 5.79. The van der Waals surface area contributed by atoms with Crippen LogP contribution in [0.15, 0.2) is 30.4 Å². The second-order valence-electron chi connectivity index (χ2n) is 4.73. The van der Waals surface area contributed by atoms with Crippen LogP contribution < -0.4 is 14.8 Å². The Labute approximate surface area is 110 Å². The predicted octanol–water partition coefficient (Wildman–Crippen LogP) is 3.15. The van der Waals surface area contributed by atoms with Crippen LogP contribution in [-0.2, 0) is 6.54 Å². The normalized spacial score (nSPS) is 10.5. The Morgan fingerprint density at radius 3 is 2.67 bits per heavy atom. The fraction of sp³-hybridized carbons (Fsp3) is 0.467. The molecule has 0 amide bonds. The van der Waals surface area contributed by atoms with E-state index in [1.807, 2.05) is 25.1 Å². The highest BCUT2D eigenvalue weighted by Crippen LogP contribution is 2.31. The lowest BCUT2D eigenvalue weighted by molar-refractivity contribution is 0.315. The van der Waals surface area contributed by atoms with E-state index in [4.69, 9.17) is 9.47 Å². The summed E-state index contributed by atoms with van der Waals surface area (Å²) in [6, 6.07) is 6.37. The molecule has 0 radical (unpaired) electrons. The van der Waals surface area contributed by atoms with Crippen LogP contribution in [0, 0.1) is 0 Å². The minimum Gasteiger partial charge on any atom is -0.493 e. The molecule has 1 aromatic rings. The molecule has 3 heteroatoms. The lowest BCUT2D eigenvalue weighted by atomic mass is 10.1. The van der Waals surface area contributed by atoms with E-state index in [0.717, 1.165) is 29.2 Å². The standard InChI is InChI=1S/C15H23NO2/c1-11(2)10-18-15-13(9-16-12(3)4)7-6-8-14(15)17-5/h6-8,12,16H,1,9-10H2,2-5H3. The van der Waals surface area contributed by atoms with E-state index in [0.29, 0.717) is 12.6 Å². The summed E-state index contributed by atoms with van der Waals surface area (Å²) < 4.78 is 11.1. The van der Waals surface area contributed by atoms with Gasteiger partial charge >= 0.3 is 0 Å². The van der Waals surface area contributed by atoms with E-state index in [1.54, 1.807) is 7.11 Å². The molecule has 0 unspecified atom stereocenters. The molecule has 0 saturated carbocycles. The van der Waals surface area contributed by atoms with Crippen LogP contribution in [0.1, 0.15) is 26.3 Å². The van der Waals surface area contributed by atoms with Crippen LogP contribution in [0.25, 0.3) is 0 Å². The molecule has 0 bridgehead atoms. The second-order valence-corrected chi connectivity index (χ2v) is 4.73. The van der Waals surface area contributed by atoms with Crippen molar-refractivity contribution in [3.05, 3.63) is 35.9 Å². The fourth-order valence-electron chi connectivity index (χ4n) is 1.53. The third kappa shape index (κ3) is 4.41. The van der Waals surface area contributed by atoms with Gasteiger partial charge in [0.15, 0.2) is 11.5 Å². The van der Waals surface area contributed by atoms with Crippen LogP contribution in [0.5, 0.6) is 11.5 Å². The van der Waals surface area contributed by atoms with E-state index in [9.17, 15) is 0 Å². The van der Waals surface area contributed by atoms with Crippen molar-refractivity contribution in [3.63, 3.8) is 0 Å². The van der Waals surface area contributed by atoms with Crippen LogP contribution in [-0.4, -0.2) is 19.8 Å². The number of benzene rings is 1. The summed E-state index contributed by atoms with van der Waals surface area (Å²) in [5.74, 6) is 1.57. The molecule has 0 saturated heterocycles. The smallest absolute Gasteiger partial charge is 0.166 e. The van der Waals surface area contributed by atoms with E-state index < -0.39 is 0 Å². The summed E-state index contributed by atoms with van der Waals surface area (Å²) in [7, 11) is 1.66. The molecule has 0 aromatic heterocycles. The van der Waals surface area contributed by atoms with Crippen molar-refractivity contribution in [2.45, 2.75) is 33.4 Å². The highest BCUT2D eigenvalue weighted by molar-refractivity contribution is 5.46. The molecule has 100 valence electrons.